The molecule has 0 aliphatic heterocycles. The smallest absolute Gasteiger partial charge is 0.186 e. The summed E-state index contributed by atoms with van der Waals surface area (Å²) >= 11 is 1.63. The van der Waals surface area contributed by atoms with Crippen molar-refractivity contribution in [2.75, 3.05) is 5.32 Å². The van der Waals surface area contributed by atoms with E-state index in [0.29, 0.717) is 5.65 Å². The maximum Gasteiger partial charge on any atom is 0.186 e. The van der Waals surface area contributed by atoms with Gasteiger partial charge in [-0.25, -0.2) is 0 Å². The van der Waals surface area contributed by atoms with Crippen molar-refractivity contribution in [2.24, 2.45) is 0 Å². The summed E-state index contributed by atoms with van der Waals surface area (Å²) < 4.78 is 7.83. The van der Waals surface area contributed by atoms with Crippen LogP contribution in [0.25, 0.3) is 28.0 Å². The molecule has 7 heteroatoms. The predicted octanol–water partition coefficient (Wildman–Crippen LogP) is 5.08. The van der Waals surface area contributed by atoms with E-state index < -0.39 is 0 Å². The fourth-order valence-electron chi connectivity index (χ4n) is 3.33. The number of aromatic nitrogens is 4. The van der Waals surface area contributed by atoms with Crippen molar-refractivity contribution >= 4 is 33.8 Å². The summed E-state index contributed by atoms with van der Waals surface area (Å²) in [5, 5.41) is 21.8. The van der Waals surface area contributed by atoms with Crippen LogP contribution in [0.2, 0.25) is 0 Å². The van der Waals surface area contributed by atoms with E-state index in [9.17, 15) is 0 Å². The second-order valence-electron chi connectivity index (χ2n) is 6.48. The minimum Gasteiger partial charge on any atom is -0.459 e. The van der Waals surface area contributed by atoms with Gasteiger partial charge in [-0.1, -0.05) is 18.2 Å². The fraction of sp³-hybridized carbons (Fsp3) is 0.150. The molecule has 1 N–H and O–H groups in total. The molecule has 5 aromatic rings. The number of nitrogens with one attached hydrogen (secondary N) is 1. The molecule has 0 bridgehead atoms. The van der Waals surface area contributed by atoms with Crippen molar-refractivity contribution in [2.45, 2.75) is 19.9 Å². The number of hydrogen-bond donors (Lipinski definition) is 1. The van der Waals surface area contributed by atoms with Crippen LogP contribution in [-0.4, -0.2) is 19.8 Å². The third-order valence-corrected chi connectivity index (χ3v) is 5.36. The molecule has 0 radical (unpaired) electrons. The van der Waals surface area contributed by atoms with Gasteiger partial charge in [0.1, 0.15) is 17.2 Å². The van der Waals surface area contributed by atoms with Crippen LogP contribution in [0.15, 0.2) is 57.6 Å². The largest absolute Gasteiger partial charge is 0.459 e. The van der Waals surface area contributed by atoms with Crippen LogP contribution >= 0.6 is 11.3 Å². The molecule has 6 nitrogen and oxygen atoms in total. The Balaban J connectivity index is 1.50. The van der Waals surface area contributed by atoms with E-state index >= 15 is 0 Å². The molecule has 0 aliphatic rings. The number of thiophene rings is 1. The molecule has 0 fully saturated rings. The van der Waals surface area contributed by atoms with Gasteiger partial charge in [0.15, 0.2) is 11.5 Å². The molecule has 0 saturated carbocycles. The first-order valence-electron chi connectivity index (χ1n) is 8.70. The molecule has 134 valence electrons. The molecule has 4 aromatic heterocycles. The van der Waals surface area contributed by atoms with E-state index in [-0.39, 0.29) is 6.04 Å². The average Bonchev–Trinajstić information content (AvgIpc) is 3.40. The lowest BCUT2D eigenvalue weighted by molar-refractivity contribution is 0.521. The van der Waals surface area contributed by atoms with Crippen molar-refractivity contribution in [1.82, 2.24) is 19.8 Å². The number of hydrogen-bond acceptors (Lipinski definition) is 6. The van der Waals surface area contributed by atoms with Crippen LogP contribution in [0.4, 0.5) is 5.82 Å². The van der Waals surface area contributed by atoms with E-state index in [1.165, 1.54) is 0 Å². The highest BCUT2D eigenvalue weighted by molar-refractivity contribution is 7.08. The summed E-state index contributed by atoms with van der Waals surface area (Å²) in [6, 6.07) is 13.9. The van der Waals surface area contributed by atoms with Crippen LogP contribution in [-0.2, 0) is 0 Å². The summed E-state index contributed by atoms with van der Waals surface area (Å²) in [5.74, 6) is 2.40. The maximum absolute atomic E-state index is 6.07. The number of nitrogens with zero attached hydrogens (tertiary/aromatic N) is 4. The van der Waals surface area contributed by atoms with Crippen LogP contribution in [0.1, 0.15) is 24.3 Å². The van der Waals surface area contributed by atoms with Gasteiger partial charge in [-0.2, -0.15) is 15.9 Å². The van der Waals surface area contributed by atoms with Gasteiger partial charge in [0, 0.05) is 21.9 Å². The van der Waals surface area contributed by atoms with E-state index in [2.05, 4.69) is 40.5 Å². The quantitative estimate of drug-likeness (QED) is 0.474. The number of furan rings is 1. The Labute approximate surface area is 159 Å². The van der Waals surface area contributed by atoms with E-state index in [0.717, 1.165) is 39.5 Å². The number of aryl methyl sites for hydroxylation is 1. The molecule has 0 aliphatic carbocycles. The fourth-order valence-corrected chi connectivity index (χ4v) is 3.97. The normalized spacial score (nSPS) is 12.7. The number of anilines is 1. The lowest BCUT2D eigenvalue weighted by atomic mass is 10.1. The molecular weight excluding hydrogens is 358 g/mol. The lowest BCUT2D eigenvalue weighted by Crippen LogP contribution is -2.10. The summed E-state index contributed by atoms with van der Waals surface area (Å²) in [4.78, 5) is 0. The molecule has 1 aromatic carbocycles. The highest BCUT2D eigenvalue weighted by Gasteiger charge is 2.17. The van der Waals surface area contributed by atoms with Crippen LogP contribution < -0.4 is 5.32 Å². The van der Waals surface area contributed by atoms with Crippen LogP contribution in [0.5, 0.6) is 0 Å². The first-order valence-corrected chi connectivity index (χ1v) is 9.64. The minimum absolute atomic E-state index is 0.0246. The van der Waals surface area contributed by atoms with E-state index in [4.69, 9.17) is 4.42 Å². The summed E-state index contributed by atoms with van der Waals surface area (Å²) in [6.07, 6.45) is 0. The Morgan fingerprint density at radius 2 is 2.00 bits per heavy atom. The standard InChI is InChI=1S/C20H17N5OS/c1-12-15-5-3-4-6-16(15)26-19(12)13(2)21-17-7-8-18-22-23-20(25(18)24-17)14-9-10-27-11-14/h3-11,13H,1-2H3,(H,21,24)/t13-/m1/s1. The first kappa shape index (κ1) is 16.0. The number of fused-ring (bicyclic) bond motifs is 2. The second-order valence-corrected chi connectivity index (χ2v) is 7.26. The van der Waals surface area contributed by atoms with Crippen molar-refractivity contribution in [3.63, 3.8) is 0 Å². The van der Waals surface area contributed by atoms with Crippen molar-refractivity contribution in [3.05, 3.63) is 64.5 Å². The average molecular weight is 375 g/mol. The van der Waals surface area contributed by atoms with Crippen LogP contribution in [0, 0.1) is 6.92 Å². The van der Waals surface area contributed by atoms with E-state index in [1.807, 2.05) is 47.2 Å². The van der Waals surface area contributed by atoms with Gasteiger partial charge in [0.05, 0.1) is 6.04 Å². The van der Waals surface area contributed by atoms with Gasteiger partial charge in [-0.3, -0.25) is 0 Å². The molecular formula is C20H17N5OS. The maximum atomic E-state index is 6.07. The Bertz CT molecular complexity index is 1240. The zero-order valence-corrected chi connectivity index (χ0v) is 15.7. The van der Waals surface area contributed by atoms with Gasteiger partial charge in [0.25, 0.3) is 0 Å². The third kappa shape index (κ3) is 2.67. The Morgan fingerprint density at radius 3 is 2.81 bits per heavy atom. The van der Waals surface area contributed by atoms with Crippen molar-refractivity contribution in [3.8, 4) is 11.4 Å². The molecule has 4 heterocycles. The number of para-hydroxylation sites is 1. The minimum atomic E-state index is -0.0246. The summed E-state index contributed by atoms with van der Waals surface area (Å²) in [6.45, 7) is 4.16. The SMILES string of the molecule is Cc1c([C@@H](C)Nc2ccc3nnc(-c4ccsc4)n3n2)oc2ccccc12. The Morgan fingerprint density at radius 1 is 1.11 bits per heavy atom. The van der Waals surface area contributed by atoms with Crippen molar-refractivity contribution < 1.29 is 4.42 Å². The van der Waals surface area contributed by atoms with Crippen LogP contribution in [0.3, 0.4) is 0 Å². The molecule has 0 saturated heterocycles. The number of rotatable bonds is 4. The van der Waals surface area contributed by atoms with Gasteiger partial charge in [-0.05, 0) is 43.5 Å². The summed E-state index contributed by atoms with van der Waals surface area (Å²) in [5.41, 5.74) is 3.78. The molecule has 27 heavy (non-hydrogen) atoms. The molecule has 1 atom stereocenters. The highest BCUT2D eigenvalue weighted by Crippen LogP contribution is 2.31. The number of benzene rings is 1. The summed E-state index contributed by atoms with van der Waals surface area (Å²) in [7, 11) is 0. The zero-order chi connectivity index (χ0) is 18.4. The van der Waals surface area contributed by atoms with Crippen molar-refractivity contribution in [1.29, 1.82) is 0 Å². The van der Waals surface area contributed by atoms with Gasteiger partial charge < -0.3 is 9.73 Å². The monoisotopic (exact) mass is 375 g/mol. The Hall–Kier alpha value is -3.19. The van der Waals surface area contributed by atoms with E-state index in [1.54, 1.807) is 15.9 Å². The molecule has 0 spiro atoms. The molecule has 0 unspecified atom stereocenters. The topological polar surface area (TPSA) is 68.2 Å². The lowest BCUT2D eigenvalue weighted by Gasteiger charge is -2.13. The first-order chi connectivity index (χ1) is 13.2. The second kappa shape index (κ2) is 6.21. The van der Waals surface area contributed by atoms with Gasteiger partial charge in [-0.15, -0.1) is 15.3 Å². The molecule has 0 amide bonds. The third-order valence-electron chi connectivity index (χ3n) is 4.68. The zero-order valence-electron chi connectivity index (χ0n) is 14.9. The Kier molecular flexibility index (Phi) is 3.68. The highest BCUT2D eigenvalue weighted by atomic mass is 32.1. The predicted molar refractivity (Wildman–Crippen MR) is 107 cm³/mol. The van der Waals surface area contributed by atoms with Gasteiger partial charge >= 0.3 is 0 Å². The van der Waals surface area contributed by atoms with Gasteiger partial charge in [0.2, 0.25) is 0 Å². The molecule has 5 rings (SSSR count).